The van der Waals surface area contributed by atoms with Gasteiger partial charge in [-0.15, -0.1) is 13.2 Å². The number of phenols is 1. The molecule has 142 valence electrons. The highest BCUT2D eigenvalue weighted by Crippen LogP contribution is 2.39. The first-order chi connectivity index (χ1) is 12.8. The van der Waals surface area contributed by atoms with Crippen molar-refractivity contribution >= 4 is 28.7 Å². The van der Waals surface area contributed by atoms with Crippen LogP contribution in [-0.4, -0.2) is 33.3 Å². The third-order valence-electron chi connectivity index (χ3n) is 3.91. The number of hydrogen-bond acceptors (Lipinski definition) is 7. The minimum atomic E-state index is -4.80. The summed E-state index contributed by atoms with van der Waals surface area (Å²) >= 11 is 0.949. The molecule has 0 bridgehead atoms. The van der Waals surface area contributed by atoms with Crippen molar-refractivity contribution in [3.05, 3.63) is 47.5 Å². The Balaban J connectivity index is 2.05. The van der Waals surface area contributed by atoms with Gasteiger partial charge >= 0.3 is 12.3 Å². The Bertz CT molecular complexity index is 957. The highest BCUT2D eigenvalue weighted by molar-refractivity contribution is 7.00. The SMILES string of the molecule is COC(=O)C[C@@H](c1ccc(OC(F)(F)F)cc1)c1c(O)ccc2nsnc12. The van der Waals surface area contributed by atoms with Crippen LogP contribution in [0.2, 0.25) is 0 Å². The third kappa shape index (κ3) is 4.27. The summed E-state index contributed by atoms with van der Waals surface area (Å²) in [5, 5.41) is 10.4. The number of rotatable bonds is 5. The molecule has 0 spiro atoms. The van der Waals surface area contributed by atoms with Crippen molar-refractivity contribution in [2.24, 2.45) is 0 Å². The summed E-state index contributed by atoms with van der Waals surface area (Å²) in [7, 11) is 1.23. The summed E-state index contributed by atoms with van der Waals surface area (Å²) in [4.78, 5) is 11.9. The second-order valence-corrected chi connectivity index (χ2v) is 6.11. The number of halogens is 3. The standard InChI is InChI=1S/C17H13F3N2O4S/c1-25-14(24)8-11(9-2-4-10(5-3-9)26-17(18,19)20)15-13(23)7-6-12-16(15)22-27-21-12/h2-7,11,23H,8H2,1H3/t11-/m0/s1. The maximum Gasteiger partial charge on any atom is 0.573 e. The second kappa shape index (κ2) is 7.39. The number of alkyl halides is 3. The summed E-state index contributed by atoms with van der Waals surface area (Å²) in [6.07, 6.45) is -4.94. The van der Waals surface area contributed by atoms with Gasteiger partial charge in [-0.3, -0.25) is 4.79 Å². The molecule has 0 saturated heterocycles. The van der Waals surface area contributed by atoms with E-state index in [0.29, 0.717) is 22.2 Å². The predicted molar refractivity (Wildman–Crippen MR) is 90.7 cm³/mol. The number of ether oxygens (including phenoxy) is 2. The largest absolute Gasteiger partial charge is 0.573 e. The number of benzene rings is 2. The summed E-state index contributed by atoms with van der Waals surface area (Å²) in [6.45, 7) is 0. The second-order valence-electron chi connectivity index (χ2n) is 5.58. The zero-order chi connectivity index (χ0) is 19.6. The minimum Gasteiger partial charge on any atom is -0.508 e. The number of aromatic nitrogens is 2. The molecule has 2 aromatic carbocycles. The Kier molecular flexibility index (Phi) is 5.17. The van der Waals surface area contributed by atoms with Gasteiger partial charge in [0.2, 0.25) is 0 Å². The van der Waals surface area contributed by atoms with E-state index in [2.05, 4.69) is 13.5 Å². The van der Waals surface area contributed by atoms with Crippen molar-refractivity contribution in [1.29, 1.82) is 0 Å². The number of hydrogen-bond donors (Lipinski definition) is 1. The number of carbonyl (C=O) groups excluding carboxylic acids is 1. The van der Waals surface area contributed by atoms with Crippen LogP contribution < -0.4 is 4.74 Å². The molecule has 0 aliphatic rings. The number of methoxy groups -OCH3 is 1. The predicted octanol–water partition coefficient (Wildman–Crippen LogP) is 3.99. The molecule has 3 rings (SSSR count). The van der Waals surface area contributed by atoms with E-state index >= 15 is 0 Å². The van der Waals surface area contributed by atoms with Crippen molar-refractivity contribution < 1.29 is 32.5 Å². The van der Waals surface area contributed by atoms with Crippen molar-refractivity contribution in [2.75, 3.05) is 7.11 Å². The molecule has 10 heteroatoms. The molecule has 0 saturated carbocycles. The van der Waals surface area contributed by atoms with Crippen LogP contribution in [0.15, 0.2) is 36.4 Å². The van der Waals surface area contributed by atoms with E-state index in [0.717, 1.165) is 23.9 Å². The van der Waals surface area contributed by atoms with Crippen molar-refractivity contribution in [1.82, 2.24) is 8.75 Å². The molecule has 0 aliphatic heterocycles. The molecule has 0 aliphatic carbocycles. The maximum absolute atomic E-state index is 12.3. The van der Waals surface area contributed by atoms with Gasteiger partial charge in [0.05, 0.1) is 25.3 Å². The monoisotopic (exact) mass is 398 g/mol. The molecular weight excluding hydrogens is 385 g/mol. The lowest BCUT2D eigenvalue weighted by molar-refractivity contribution is -0.274. The van der Waals surface area contributed by atoms with Gasteiger partial charge in [-0.2, -0.15) is 8.75 Å². The van der Waals surface area contributed by atoms with Crippen molar-refractivity contribution in [2.45, 2.75) is 18.7 Å². The Labute approximate surface area is 155 Å². The summed E-state index contributed by atoms with van der Waals surface area (Å²) < 4.78 is 53.9. The molecule has 1 heterocycles. The highest BCUT2D eigenvalue weighted by Gasteiger charge is 2.31. The fourth-order valence-corrected chi connectivity index (χ4v) is 3.29. The Morgan fingerprint density at radius 3 is 2.52 bits per heavy atom. The molecule has 3 aromatic rings. The van der Waals surface area contributed by atoms with Gasteiger partial charge in [0, 0.05) is 11.5 Å². The summed E-state index contributed by atoms with van der Waals surface area (Å²) in [6, 6.07) is 8.10. The first kappa shape index (κ1) is 18.9. The van der Waals surface area contributed by atoms with Gasteiger partial charge < -0.3 is 14.6 Å². The normalized spacial score (nSPS) is 12.7. The van der Waals surface area contributed by atoms with E-state index in [9.17, 15) is 23.1 Å². The summed E-state index contributed by atoms with van der Waals surface area (Å²) in [5.41, 5.74) is 1.81. The topological polar surface area (TPSA) is 81.5 Å². The van der Waals surface area contributed by atoms with Crippen LogP contribution in [0, 0.1) is 0 Å². The lowest BCUT2D eigenvalue weighted by Gasteiger charge is -2.19. The van der Waals surface area contributed by atoms with E-state index in [1.165, 1.54) is 25.3 Å². The van der Waals surface area contributed by atoms with Crippen LogP contribution in [0.1, 0.15) is 23.5 Å². The molecule has 0 amide bonds. The average molecular weight is 398 g/mol. The fourth-order valence-electron chi connectivity index (χ4n) is 2.74. The van der Waals surface area contributed by atoms with E-state index in [1.54, 1.807) is 6.07 Å². The molecule has 1 N–H and O–H groups in total. The van der Waals surface area contributed by atoms with Gasteiger partial charge in [-0.1, -0.05) is 12.1 Å². The highest BCUT2D eigenvalue weighted by atomic mass is 32.1. The Morgan fingerprint density at radius 1 is 1.19 bits per heavy atom. The molecule has 6 nitrogen and oxygen atoms in total. The van der Waals surface area contributed by atoms with Crippen molar-refractivity contribution in [3.8, 4) is 11.5 Å². The van der Waals surface area contributed by atoms with Crippen LogP contribution in [0.5, 0.6) is 11.5 Å². The zero-order valence-corrected chi connectivity index (χ0v) is 14.7. The fraction of sp³-hybridized carbons (Fsp3) is 0.235. The zero-order valence-electron chi connectivity index (χ0n) is 13.9. The minimum absolute atomic E-state index is 0.0975. The molecule has 0 fully saturated rings. The first-order valence-corrected chi connectivity index (χ1v) is 8.38. The van der Waals surface area contributed by atoms with Gasteiger partial charge in [-0.25, -0.2) is 0 Å². The number of nitrogens with zero attached hydrogens (tertiary/aromatic N) is 2. The van der Waals surface area contributed by atoms with Crippen LogP contribution in [0.3, 0.4) is 0 Å². The van der Waals surface area contributed by atoms with E-state index in [1.807, 2.05) is 0 Å². The Hall–Kier alpha value is -2.88. The average Bonchev–Trinajstić information content (AvgIpc) is 3.08. The van der Waals surface area contributed by atoms with E-state index < -0.39 is 18.2 Å². The lowest BCUT2D eigenvalue weighted by Crippen LogP contribution is -2.17. The van der Waals surface area contributed by atoms with Crippen LogP contribution >= 0.6 is 11.7 Å². The van der Waals surface area contributed by atoms with Gasteiger partial charge in [-0.05, 0) is 29.8 Å². The maximum atomic E-state index is 12.3. The van der Waals surface area contributed by atoms with Gasteiger partial charge in [0.15, 0.2) is 0 Å². The van der Waals surface area contributed by atoms with Gasteiger partial charge in [0.1, 0.15) is 22.5 Å². The number of aromatic hydroxyl groups is 1. The third-order valence-corrected chi connectivity index (χ3v) is 4.45. The van der Waals surface area contributed by atoms with Crippen LogP contribution in [-0.2, 0) is 9.53 Å². The Morgan fingerprint density at radius 2 is 1.89 bits per heavy atom. The van der Waals surface area contributed by atoms with E-state index in [-0.39, 0.29) is 17.9 Å². The van der Waals surface area contributed by atoms with E-state index in [4.69, 9.17) is 4.74 Å². The quantitative estimate of drug-likeness (QED) is 0.655. The van der Waals surface area contributed by atoms with Crippen LogP contribution in [0.4, 0.5) is 13.2 Å². The molecule has 1 atom stereocenters. The molecule has 27 heavy (non-hydrogen) atoms. The smallest absolute Gasteiger partial charge is 0.508 e. The molecule has 0 radical (unpaired) electrons. The molecular formula is C17H13F3N2O4S. The summed E-state index contributed by atoms with van der Waals surface area (Å²) in [5.74, 6) is -1.72. The lowest BCUT2D eigenvalue weighted by atomic mass is 9.87. The van der Waals surface area contributed by atoms with Crippen LogP contribution in [0.25, 0.3) is 11.0 Å². The van der Waals surface area contributed by atoms with Crippen molar-refractivity contribution in [3.63, 3.8) is 0 Å². The molecule has 0 unspecified atom stereocenters. The number of phenolic OH excluding ortho intramolecular Hbond substituents is 1. The number of fused-ring (bicyclic) bond motifs is 1. The van der Waals surface area contributed by atoms with Gasteiger partial charge in [0.25, 0.3) is 0 Å². The number of carbonyl (C=O) groups is 1. The molecule has 1 aromatic heterocycles. The first-order valence-electron chi connectivity index (χ1n) is 7.65. The number of esters is 1.